The van der Waals surface area contributed by atoms with Crippen molar-refractivity contribution < 1.29 is 19.1 Å². The minimum absolute atomic E-state index is 0.579. The van der Waals surface area contributed by atoms with E-state index in [9.17, 15) is 9.59 Å². The molecule has 0 saturated carbocycles. The molecule has 0 unspecified atom stereocenters. The van der Waals surface area contributed by atoms with Gasteiger partial charge in [-0.2, -0.15) is 0 Å². The van der Waals surface area contributed by atoms with Crippen LogP contribution in [0.4, 0.5) is 0 Å². The van der Waals surface area contributed by atoms with Crippen molar-refractivity contribution in [2.24, 2.45) is 0 Å². The van der Waals surface area contributed by atoms with Gasteiger partial charge >= 0.3 is 0 Å². The maximum atomic E-state index is 11.4. The fraction of sp³-hybridized carbons (Fsp3) is 0.0833. The van der Waals surface area contributed by atoms with Crippen LogP contribution in [0.1, 0.15) is 20.7 Å². The van der Waals surface area contributed by atoms with E-state index in [0.717, 1.165) is 45.2 Å². The Bertz CT molecular complexity index is 1130. The Kier molecular flexibility index (Phi) is 4.53. The van der Waals surface area contributed by atoms with E-state index in [1.54, 1.807) is 26.4 Å². The van der Waals surface area contributed by atoms with Gasteiger partial charge in [0.05, 0.1) is 14.2 Å². The van der Waals surface area contributed by atoms with Gasteiger partial charge in [0, 0.05) is 22.3 Å². The van der Waals surface area contributed by atoms with Crippen LogP contribution in [0.15, 0.2) is 60.7 Å². The number of benzene rings is 4. The molecule has 0 aliphatic heterocycles. The van der Waals surface area contributed by atoms with Crippen LogP contribution in [0.2, 0.25) is 0 Å². The number of hydrogen-bond acceptors (Lipinski definition) is 4. The lowest BCUT2D eigenvalue weighted by Crippen LogP contribution is -1.96. The highest BCUT2D eigenvalue weighted by molar-refractivity contribution is 6.11. The molecule has 28 heavy (non-hydrogen) atoms. The Hall–Kier alpha value is -3.66. The van der Waals surface area contributed by atoms with Gasteiger partial charge in [-0.05, 0) is 45.8 Å². The summed E-state index contributed by atoms with van der Waals surface area (Å²) in [6.45, 7) is 0. The fourth-order valence-electron chi connectivity index (χ4n) is 3.64. The number of rotatable bonds is 5. The van der Waals surface area contributed by atoms with Crippen LogP contribution in [-0.4, -0.2) is 26.8 Å². The molecule has 0 bridgehead atoms. The Balaban J connectivity index is 2.22. The molecule has 0 N–H and O–H groups in total. The predicted molar refractivity (Wildman–Crippen MR) is 111 cm³/mol. The molecule has 0 amide bonds. The molecule has 0 atom stereocenters. The average molecular weight is 370 g/mol. The molecule has 0 fully saturated rings. The first-order valence-electron chi connectivity index (χ1n) is 8.82. The molecule has 0 aliphatic carbocycles. The van der Waals surface area contributed by atoms with Gasteiger partial charge in [0.25, 0.3) is 0 Å². The highest BCUT2D eigenvalue weighted by Gasteiger charge is 2.19. The van der Waals surface area contributed by atoms with Crippen LogP contribution in [-0.2, 0) is 0 Å². The van der Waals surface area contributed by atoms with E-state index in [2.05, 4.69) is 0 Å². The summed E-state index contributed by atoms with van der Waals surface area (Å²) in [6, 6.07) is 18.8. The van der Waals surface area contributed by atoms with E-state index >= 15 is 0 Å². The highest BCUT2D eigenvalue weighted by Crippen LogP contribution is 2.45. The fourth-order valence-corrected chi connectivity index (χ4v) is 3.64. The monoisotopic (exact) mass is 370 g/mol. The maximum absolute atomic E-state index is 11.4. The zero-order chi connectivity index (χ0) is 19.7. The summed E-state index contributed by atoms with van der Waals surface area (Å²) in [7, 11) is 3.23. The molecule has 4 heteroatoms. The number of methoxy groups -OCH3 is 2. The molecule has 0 spiro atoms. The lowest BCUT2D eigenvalue weighted by Gasteiger charge is -2.18. The van der Waals surface area contributed by atoms with Crippen molar-refractivity contribution in [2.45, 2.75) is 0 Å². The zero-order valence-corrected chi connectivity index (χ0v) is 15.6. The number of carbonyl (C=O) groups is 2. The first kappa shape index (κ1) is 17.7. The van der Waals surface area contributed by atoms with Crippen molar-refractivity contribution in [3.05, 3.63) is 71.8 Å². The molecule has 4 nitrogen and oxygen atoms in total. The van der Waals surface area contributed by atoms with Gasteiger partial charge in [-0.3, -0.25) is 9.59 Å². The molecule has 0 aromatic heterocycles. The molecule has 138 valence electrons. The van der Waals surface area contributed by atoms with Gasteiger partial charge in [-0.25, -0.2) is 0 Å². The molecule has 0 heterocycles. The van der Waals surface area contributed by atoms with Gasteiger partial charge in [-0.15, -0.1) is 0 Å². The maximum Gasteiger partial charge on any atom is 0.150 e. The van der Waals surface area contributed by atoms with Crippen molar-refractivity contribution in [1.82, 2.24) is 0 Å². The third-order valence-corrected chi connectivity index (χ3v) is 4.98. The highest BCUT2D eigenvalue weighted by atomic mass is 16.5. The van der Waals surface area contributed by atoms with Crippen LogP contribution in [0, 0.1) is 0 Å². The molecule has 4 aromatic rings. The second kappa shape index (κ2) is 7.16. The minimum atomic E-state index is 0.579. The number of carbonyl (C=O) groups excluding carboxylic acids is 2. The van der Waals surface area contributed by atoms with Crippen LogP contribution >= 0.6 is 0 Å². The lowest BCUT2D eigenvalue weighted by molar-refractivity contribution is 0.111. The van der Waals surface area contributed by atoms with E-state index in [4.69, 9.17) is 9.47 Å². The first-order chi connectivity index (χ1) is 13.7. The normalized spacial score (nSPS) is 10.8. The third-order valence-electron chi connectivity index (χ3n) is 4.98. The summed E-state index contributed by atoms with van der Waals surface area (Å²) >= 11 is 0. The molecule has 4 aromatic carbocycles. The van der Waals surface area contributed by atoms with Crippen molar-refractivity contribution in [3.63, 3.8) is 0 Å². The van der Waals surface area contributed by atoms with Crippen molar-refractivity contribution in [1.29, 1.82) is 0 Å². The summed E-state index contributed by atoms with van der Waals surface area (Å²) in [5, 5.41) is 3.72. The van der Waals surface area contributed by atoms with Gasteiger partial charge < -0.3 is 9.47 Å². The summed E-state index contributed by atoms with van der Waals surface area (Å²) in [4.78, 5) is 22.8. The predicted octanol–water partition coefficient (Wildman–Crippen LogP) is 5.30. The Labute approximate surface area is 162 Å². The summed E-state index contributed by atoms with van der Waals surface area (Å²) < 4.78 is 11.3. The van der Waals surface area contributed by atoms with Crippen molar-refractivity contribution >= 4 is 34.1 Å². The standard InChI is InChI=1S/C24H18O4/c1-27-21-9-7-17-5-3-15(13-25)11-19(17)23(21)24-20-12-16(14-26)4-6-18(20)8-10-22(24)28-2/h3-14H,1-2H3. The smallest absolute Gasteiger partial charge is 0.150 e. The SMILES string of the molecule is COc1ccc2ccc(C=O)cc2c1-c1c(OC)ccc2ccc(C=O)cc12. The third kappa shape index (κ3) is 2.79. The molecule has 0 saturated heterocycles. The molecule has 0 aliphatic rings. The second-order valence-electron chi connectivity index (χ2n) is 6.48. The van der Waals surface area contributed by atoms with E-state index in [-0.39, 0.29) is 0 Å². The average Bonchev–Trinajstić information content (AvgIpc) is 2.76. The topological polar surface area (TPSA) is 52.6 Å². The van der Waals surface area contributed by atoms with Crippen molar-refractivity contribution in [3.8, 4) is 22.6 Å². The largest absolute Gasteiger partial charge is 0.496 e. The van der Waals surface area contributed by atoms with Crippen LogP contribution < -0.4 is 9.47 Å². The number of ether oxygens (including phenoxy) is 2. The Morgan fingerprint density at radius 2 is 1.00 bits per heavy atom. The lowest BCUT2D eigenvalue weighted by atomic mass is 9.91. The summed E-state index contributed by atoms with van der Waals surface area (Å²) in [6.07, 6.45) is 1.65. The quantitative estimate of drug-likeness (QED) is 0.447. The molecule has 0 radical (unpaired) electrons. The number of hydrogen-bond donors (Lipinski definition) is 0. The van der Waals surface area contributed by atoms with E-state index in [1.807, 2.05) is 48.5 Å². The van der Waals surface area contributed by atoms with Gasteiger partial charge in [0.15, 0.2) is 0 Å². The van der Waals surface area contributed by atoms with Crippen LogP contribution in [0.3, 0.4) is 0 Å². The van der Waals surface area contributed by atoms with E-state index in [0.29, 0.717) is 22.6 Å². The molecular formula is C24H18O4. The minimum Gasteiger partial charge on any atom is -0.496 e. The van der Waals surface area contributed by atoms with E-state index in [1.165, 1.54) is 0 Å². The molecular weight excluding hydrogens is 352 g/mol. The second-order valence-corrected chi connectivity index (χ2v) is 6.48. The van der Waals surface area contributed by atoms with Gasteiger partial charge in [-0.1, -0.05) is 36.4 Å². The van der Waals surface area contributed by atoms with Crippen molar-refractivity contribution in [2.75, 3.05) is 14.2 Å². The Morgan fingerprint density at radius 3 is 1.36 bits per heavy atom. The zero-order valence-electron chi connectivity index (χ0n) is 15.6. The van der Waals surface area contributed by atoms with Crippen LogP contribution in [0.25, 0.3) is 32.7 Å². The van der Waals surface area contributed by atoms with Gasteiger partial charge in [0.2, 0.25) is 0 Å². The molecule has 4 rings (SSSR count). The Morgan fingerprint density at radius 1 is 0.607 bits per heavy atom. The first-order valence-corrected chi connectivity index (χ1v) is 8.82. The summed E-state index contributed by atoms with van der Waals surface area (Å²) in [5.41, 5.74) is 2.81. The van der Waals surface area contributed by atoms with E-state index < -0.39 is 0 Å². The number of aldehydes is 2. The summed E-state index contributed by atoms with van der Waals surface area (Å²) in [5.74, 6) is 1.33. The number of fused-ring (bicyclic) bond motifs is 2. The van der Waals surface area contributed by atoms with Crippen LogP contribution in [0.5, 0.6) is 11.5 Å². The van der Waals surface area contributed by atoms with Gasteiger partial charge in [0.1, 0.15) is 24.1 Å².